The molecule has 0 saturated heterocycles. The summed E-state index contributed by atoms with van der Waals surface area (Å²) >= 11 is 0. The normalized spacial score (nSPS) is 9.31. The van der Waals surface area contributed by atoms with E-state index < -0.39 is 13.1 Å². The Morgan fingerprint density at radius 1 is 1.44 bits per heavy atom. The molecule has 16 heavy (non-hydrogen) atoms. The van der Waals surface area contributed by atoms with Crippen molar-refractivity contribution >= 4 is 6.29 Å². The summed E-state index contributed by atoms with van der Waals surface area (Å²) in [6, 6.07) is 7.09. The summed E-state index contributed by atoms with van der Waals surface area (Å²) in [5.74, 6) is 0.747. The van der Waals surface area contributed by atoms with Gasteiger partial charge in [-0.25, -0.2) is 13.2 Å². The van der Waals surface area contributed by atoms with Crippen molar-refractivity contribution < 1.29 is 22.7 Å². The van der Waals surface area contributed by atoms with Crippen LogP contribution in [0, 0.1) is 0 Å². The summed E-state index contributed by atoms with van der Waals surface area (Å²) in [4.78, 5) is 10.3. The molecular formula is C11H13F3O2. The number of benzene rings is 1. The molecule has 0 heterocycles. The van der Waals surface area contributed by atoms with Crippen LogP contribution in [0.3, 0.4) is 0 Å². The first kappa shape index (κ1) is 14.5. The quantitative estimate of drug-likeness (QED) is 0.748. The second kappa shape index (κ2) is 8.76. The van der Waals surface area contributed by atoms with E-state index in [0.29, 0.717) is 12.2 Å². The van der Waals surface area contributed by atoms with Crippen molar-refractivity contribution in [3.05, 3.63) is 29.8 Å². The third kappa shape index (κ3) is 6.86. The molecule has 0 amide bonds. The van der Waals surface area contributed by atoms with Crippen molar-refractivity contribution in [3.8, 4) is 5.75 Å². The highest BCUT2D eigenvalue weighted by molar-refractivity contribution is 5.75. The van der Waals surface area contributed by atoms with Crippen LogP contribution in [0.1, 0.15) is 17.3 Å². The maximum atomic E-state index is 10.4. The summed E-state index contributed by atoms with van der Waals surface area (Å²) < 4.78 is 36.3. The van der Waals surface area contributed by atoms with E-state index in [4.69, 9.17) is 4.74 Å². The molecule has 1 aromatic carbocycles. The predicted octanol–water partition coefficient (Wildman–Crippen LogP) is 3.12. The van der Waals surface area contributed by atoms with Crippen molar-refractivity contribution in [1.82, 2.24) is 0 Å². The van der Waals surface area contributed by atoms with Crippen molar-refractivity contribution in [3.63, 3.8) is 0 Å². The lowest BCUT2D eigenvalue weighted by Gasteiger charge is -2.01. The Labute approximate surface area is 92.0 Å². The Kier molecular flexibility index (Phi) is 7.93. The van der Waals surface area contributed by atoms with Crippen LogP contribution >= 0.6 is 0 Å². The Morgan fingerprint density at radius 2 is 2.06 bits per heavy atom. The maximum Gasteiger partial charge on any atom is 0.266 e. The van der Waals surface area contributed by atoms with Gasteiger partial charge in [-0.2, -0.15) is 0 Å². The van der Waals surface area contributed by atoms with Gasteiger partial charge in [0.25, 0.3) is 6.43 Å². The molecule has 0 spiro atoms. The highest BCUT2D eigenvalue weighted by atomic mass is 19.3. The number of hydrogen-bond donors (Lipinski definition) is 0. The predicted molar refractivity (Wildman–Crippen MR) is 55.0 cm³/mol. The number of carbonyl (C=O) groups excluding carboxylic acids is 1. The third-order valence-electron chi connectivity index (χ3n) is 1.42. The van der Waals surface area contributed by atoms with Crippen LogP contribution in [0.2, 0.25) is 0 Å². The summed E-state index contributed by atoms with van der Waals surface area (Å²) in [6.07, 6.45) is -1.97. The first-order valence-electron chi connectivity index (χ1n) is 4.66. The van der Waals surface area contributed by atoms with E-state index in [0.717, 1.165) is 12.0 Å². The van der Waals surface area contributed by atoms with Crippen LogP contribution in [-0.4, -0.2) is 26.0 Å². The number of ether oxygens (including phenoxy) is 1. The first-order valence-corrected chi connectivity index (χ1v) is 4.66. The van der Waals surface area contributed by atoms with Crippen molar-refractivity contribution in [2.75, 3.05) is 13.3 Å². The minimum Gasteiger partial charge on any atom is -0.494 e. The second-order valence-electron chi connectivity index (χ2n) is 2.67. The lowest BCUT2D eigenvalue weighted by molar-refractivity contribution is 0.112. The molecule has 0 saturated carbocycles. The molecule has 0 aliphatic rings. The molecule has 1 aromatic rings. The van der Waals surface area contributed by atoms with Gasteiger partial charge in [-0.15, -0.1) is 0 Å². The molecule has 0 aliphatic heterocycles. The van der Waals surface area contributed by atoms with Gasteiger partial charge >= 0.3 is 0 Å². The molecular weight excluding hydrogens is 221 g/mol. The molecule has 0 aromatic heterocycles. The van der Waals surface area contributed by atoms with E-state index in [1.165, 1.54) is 0 Å². The van der Waals surface area contributed by atoms with Crippen molar-refractivity contribution in [2.45, 2.75) is 13.3 Å². The fourth-order valence-corrected chi connectivity index (χ4v) is 0.844. The molecule has 5 heteroatoms. The monoisotopic (exact) mass is 234 g/mol. The number of carbonyl (C=O) groups is 1. The highest BCUT2D eigenvalue weighted by Crippen LogP contribution is 2.11. The molecule has 0 unspecified atom stereocenters. The Balaban J connectivity index is 0.000000385. The van der Waals surface area contributed by atoms with E-state index in [-0.39, 0.29) is 0 Å². The third-order valence-corrected chi connectivity index (χ3v) is 1.42. The smallest absolute Gasteiger partial charge is 0.266 e. The highest BCUT2D eigenvalue weighted by Gasteiger charge is 1.95. The van der Waals surface area contributed by atoms with Crippen LogP contribution in [0.4, 0.5) is 13.2 Å². The standard InChI is InChI=1S/C9H10O2.C2H3F3/c1-2-11-9-5-3-4-8(6-9)7-10;3-1-2(4)5/h3-7H,2H2,1H3;2H,1H2. The number of alkyl halides is 3. The van der Waals surface area contributed by atoms with Crippen molar-refractivity contribution in [2.24, 2.45) is 0 Å². The minimum absolute atomic E-state index is 0.627. The average Bonchev–Trinajstić information content (AvgIpc) is 2.30. The molecule has 0 atom stereocenters. The minimum atomic E-state index is -2.78. The number of hydrogen-bond acceptors (Lipinski definition) is 2. The van der Waals surface area contributed by atoms with Gasteiger partial charge in [-0.1, -0.05) is 12.1 Å². The van der Waals surface area contributed by atoms with Crippen LogP contribution in [0.25, 0.3) is 0 Å². The molecule has 0 bridgehead atoms. The van der Waals surface area contributed by atoms with Crippen LogP contribution < -0.4 is 4.74 Å². The Morgan fingerprint density at radius 3 is 2.50 bits per heavy atom. The summed E-state index contributed by atoms with van der Waals surface area (Å²) in [5, 5.41) is 0. The topological polar surface area (TPSA) is 26.3 Å². The zero-order chi connectivity index (χ0) is 12.4. The zero-order valence-electron chi connectivity index (χ0n) is 8.83. The molecule has 0 fully saturated rings. The van der Waals surface area contributed by atoms with E-state index in [1.807, 2.05) is 13.0 Å². The first-order chi connectivity index (χ1) is 7.63. The second-order valence-corrected chi connectivity index (χ2v) is 2.67. The van der Waals surface area contributed by atoms with Gasteiger partial charge in [0.05, 0.1) is 6.61 Å². The summed E-state index contributed by atoms with van der Waals surface area (Å²) in [6.45, 7) is 1.01. The molecule has 90 valence electrons. The number of halogens is 3. The molecule has 1 rings (SSSR count). The van der Waals surface area contributed by atoms with Crippen LogP contribution in [0.15, 0.2) is 24.3 Å². The summed E-state index contributed by atoms with van der Waals surface area (Å²) in [5.41, 5.74) is 0.649. The lowest BCUT2D eigenvalue weighted by Crippen LogP contribution is -1.91. The van der Waals surface area contributed by atoms with Gasteiger partial charge < -0.3 is 4.74 Å². The Bertz CT molecular complexity index is 303. The maximum absolute atomic E-state index is 10.4. The Hall–Kier alpha value is -1.52. The van der Waals surface area contributed by atoms with Crippen molar-refractivity contribution in [1.29, 1.82) is 0 Å². The van der Waals surface area contributed by atoms with Crippen LogP contribution in [-0.2, 0) is 0 Å². The van der Waals surface area contributed by atoms with Gasteiger partial charge in [0.2, 0.25) is 0 Å². The lowest BCUT2D eigenvalue weighted by atomic mass is 10.2. The van der Waals surface area contributed by atoms with E-state index >= 15 is 0 Å². The van der Waals surface area contributed by atoms with Gasteiger partial charge in [0.15, 0.2) is 6.67 Å². The number of rotatable bonds is 4. The average molecular weight is 234 g/mol. The molecule has 0 N–H and O–H groups in total. The SMILES string of the molecule is CCOc1cccc(C=O)c1.FCC(F)F. The molecule has 0 aliphatic carbocycles. The van der Waals surface area contributed by atoms with Gasteiger partial charge in [-0.05, 0) is 19.1 Å². The largest absolute Gasteiger partial charge is 0.494 e. The molecule has 0 radical (unpaired) electrons. The van der Waals surface area contributed by atoms with Gasteiger partial charge in [-0.3, -0.25) is 4.79 Å². The fraction of sp³-hybridized carbons (Fsp3) is 0.364. The van der Waals surface area contributed by atoms with E-state index in [9.17, 15) is 18.0 Å². The van der Waals surface area contributed by atoms with E-state index in [2.05, 4.69) is 0 Å². The van der Waals surface area contributed by atoms with Crippen LogP contribution in [0.5, 0.6) is 5.75 Å². The fourth-order valence-electron chi connectivity index (χ4n) is 0.844. The number of aldehydes is 1. The van der Waals surface area contributed by atoms with Gasteiger partial charge in [0.1, 0.15) is 12.0 Å². The van der Waals surface area contributed by atoms with Gasteiger partial charge in [0, 0.05) is 5.56 Å². The zero-order valence-corrected chi connectivity index (χ0v) is 8.83. The van der Waals surface area contributed by atoms with E-state index in [1.54, 1.807) is 18.2 Å². The molecule has 2 nitrogen and oxygen atoms in total. The summed E-state index contributed by atoms with van der Waals surface area (Å²) in [7, 11) is 0.